The zero-order chi connectivity index (χ0) is 14.7. The molecule has 0 aliphatic carbocycles. The van der Waals surface area contributed by atoms with E-state index in [1.165, 1.54) is 0 Å². The van der Waals surface area contributed by atoms with Gasteiger partial charge in [0.1, 0.15) is 6.04 Å². The molecule has 5 heteroatoms. The summed E-state index contributed by atoms with van der Waals surface area (Å²) in [5.41, 5.74) is 0.903. The van der Waals surface area contributed by atoms with E-state index in [9.17, 15) is 9.59 Å². The molecule has 0 radical (unpaired) electrons. The number of carbonyl (C=O) groups excluding carboxylic acids is 2. The highest BCUT2D eigenvalue weighted by Crippen LogP contribution is 2.21. The van der Waals surface area contributed by atoms with E-state index < -0.39 is 6.04 Å². The second-order valence-electron chi connectivity index (χ2n) is 5.68. The molecule has 2 aliphatic rings. The van der Waals surface area contributed by atoms with E-state index in [4.69, 9.17) is 0 Å². The van der Waals surface area contributed by atoms with E-state index in [0.29, 0.717) is 0 Å². The summed E-state index contributed by atoms with van der Waals surface area (Å²) in [7, 11) is 0. The maximum atomic E-state index is 12.6. The van der Waals surface area contributed by atoms with Gasteiger partial charge in [-0.05, 0) is 44.4 Å². The number of hydrogen-bond donors (Lipinski definition) is 2. The van der Waals surface area contributed by atoms with Crippen LogP contribution in [0.1, 0.15) is 25.7 Å². The van der Waals surface area contributed by atoms with Crippen LogP contribution in [-0.4, -0.2) is 37.0 Å². The van der Waals surface area contributed by atoms with Crippen LogP contribution in [0.25, 0.3) is 0 Å². The Morgan fingerprint density at radius 1 is 1.19 bits per heavy atom. The van der Waals surface area contributed by atoms with Crippen molar-refractivity contribution in [2.24, 2.45) is 0 Å². The van der Waals surface area contributed by atoms with Crippen molar-refractivity contribution in [1.29, 1.82) is 0 Å². The predicted molar refractivity (Wildman–Crippen MR) is 81.0 cm³/mol. The van der Waals surface area contributed by atoms with Gasteiger partial charge in [0.2, 0.25) is 11.8 Å². The van der Waals surface area contributed by atoms with E-state index in [2.05, 4.69) is 10.6 Å². The van der Waals surface area contributed by atoms with Gasteiger partial charge in [0.15, 0.2) is 0 Å². The summed E-state index contributed by atoms with van der Waals surface area (Å²) in [5.74, 6) is -0.0421. The normalized spacial score (nSPS) is 25.9. The lowest BCUT2D eigenvalue weighted by atomic mass is 10.0. The molecule has 0 bridgehead atoms. The second kappa shape index (κ2) is 6.26. The minimum Gasteiger partial charge on any atom is -0.343 e. The van der Waals surface area contributed by atoms with Gasteiger partial charge < -0.3 is 15.5 Å². The molecule has 2 heterocycles. The van der Waals surface area contributed by atoms with Gasteiger partial charge in [0.05, 0.1) is 6.04 Å². The molecule has 2 aliphatic heterocycles. The van der Waals surface area contributed by atoms with E-state index in [1.807, 2.05) is 30.3 Å². The number of nitrogens with zero attached hydrogens (tertiary/aromatic N) is 1. The Labute approximate surface area is 124 Å². The van der Waals surface area contributed by atoms with Crippen molar-refractivity contribution in [3.63, 3.8) is 0 Å². The first-order valence-electron chi connectivity index (χ1n) is 7.66. The first kappa shape index (κ1) is 14.1. The maximum Gasteiger partial charge on any atom is 0.249 e. The highest BCUT2D eigenvalue weighted by atomic mass is 16.2. The SMILES string of the molecule is O=C(NC1CCCN(c2ccccc2)C1=O)C1CCCN1. The third kappa shape index (κ3) is 3.08. The summed E-state index contributed by atoms with van der Waals surface area (Å²) < 4.78 is 0. The second-order valence-corrected chi connectivity index (χ2v) is 5.68. The van der Waals surface area contributed by atoms with Gasteiger partial charge in [-0.2, -0.15) is 0 Å². The van der Waals surface area contributed by atoms with Crippen LogP contribution in [0.15, 0.2) is 30.3 Å². The Hall–Kier alpha value is -1.88. The van der Waals surface area contributed by atoms with Crippen LogP contribution >= 0.6 is 0 Å². The number of carbonyl (C=O) groups is 2. The number of para-hydroxylation sites is 1. The fourth-order valence-corrected chi connectivity index (χ4v) is 3.05. The van der Waals surface area contributed by atoms with Crippen LogP contribution in [0.3, 0.4) is 0 Å². The summed E-state index contributed by atoms with van der Waals surface area (Å²) >= 11 is 0. The maximum absolute atomic E-state index is 12.6. The molecule has 112 valence electrons. The molecule has 2 amide bonds. The smallest absolute Gasteiger partial charge is 0.249 e. The number of hydrogen-bond acceptors (Lipinski definition) is 3. The molecule has 2 N–H and O–H groups in total. The molecule has 21 heavy (non-hydrogen) atoms. The van der Waals surface area contributed by atoms with Crippen LogP contribution in [0.5, 0.6) is 0 Å². The van der Waals surface area contributed by atoms with Crippen LogP contribution in [0.2, 0.25) is 0 Å². The number of nitrogens with one attached hydrogen (secondary N) is 2. The van der Waals surface area contributed by atoms with Crippen molar-refractivity contribution in [1.82, 2.24) is 10.6 Å². The number of rotatable bonds is 3. The standard InChI is InChI=1S/C16H21N3O2/c20-15(13-8-4-10-17-13)18-14-9-5-11-19(16(14)21)12-6-2-1-3-7-12/h1-3,6-7,13-14,17H,4-5,8-11H2,(H,18,20). The Morgan fingerprint density at radius 2 is 2.00 bits per heavy atom. The molecule has 0 aromatic heterocycles. The van der Waals surface area contributed by atoms with Crippen molar-refractivity contribution >= 4 is 17.5 Å². The summed E-state index contributed by atoms with van der Waals surface area (Å²) in [6, 6.07) is 9.11. The van der Waals surface area contributed by atoms with Gasteiger partial charge >= 0.3 is 0 Å². The number of amides is 2. The van der Waals surface area contributed by atoms with E-state index in [-0.39, 0.29) is 17.9 Å². The Bertz CT molecular complexity index is 512. The zero-order valence-electron chi connectivity index (χ0n) is 12.0. The molecular formula is C16H21N3O2. The topological polar surface area (TPSA) is 61.4 Å². The van der Waals surface area contributed by atoms with Gasteiger partial charge in [-0.1, -0.05) is 18.2 Å². The largest absolute Gasteiger partial charge is 0.343 e. The summed E-state index contributed by atoms with van der Waals surface area (Å²) in [4.78, 5) is 26.5. The zero-order valence-corrected chi connectivity index (χ0v) is 12.0. The molecule has 1 aromatic carbocycles. The van der Waals surface area contributed by atoms with E-state index in [1.54, 1.807) is 4.90 Å². The molecule has 3 rings (SSSR count). The average Bonchev–Trinajstić information content (AvgIpc) is 3.05. The van der Waals surface area contributed by atoms with Gasteiger partial charge in [-0.25, -0.2) is 0 Å². The quantitative estimate of drug-likeness (QED) is 0.873. The minimum atomic E-state index is -0.395. The predicted octanol–water partition coefficient (Wildman–Crippen LogP) is 1.05. The highest BCUT2D eigenvalue weighted by molar-refractivity contribution is 6.00. The van der Waals surface area contributed by atoms with Crippen LogP contribution in [0, 0.1) is 0 Å². The molecular weight excluding hydrogens is 266 g/mol. The van der Waals surface area contributed by atoms with Gasteiger partial charge in [-0.15, -0.1) is 0 Å². The Balaban J connectivity index is 1.66. The van der Waals surface area contributed by atoms with Crippen molar-refractivity contribution < 1.29 is 9.59 Å². The molecule has 1 aromatic rings. The number of piperidine rings is 1. The van der Waals surface area contributed by atoms with Gasteiger partial charge in [-0.3, -0.25) is 9.59 Å². The summed E-state index contributed by atoms with van der Waals surface area (Å²) in [6.07, 6.45) is 3.51. The molecule has 2 unspecified atom stereocenters. The first-order valence-corrected chi connectivity index (χ1v) is 7.66. The Morgan fingerprint density at radius 3 is 2.71 bits per heavy atom. The molecule has 2 atom stereocenters. The highest BCUT2D eigenvalue weighted by Gasteiger charge is 2.32. The van der Waals surface area contributed by atoms with Gasteiger partial charge in [0, 0.05) is 12.2 Å². The van der Waals surface area contributed by atoms with Gasteiger partial charge in [0.25, 0.3) is 0 Å². The van der Waals surface area contributed by atoms with Crippen molar-refractivity contribution in [2.45, 2.75) is 37.8 Å². The van der Waals surface area contributed by atoms with E-state index >= 15 is 0 Å². The molecule has 2 fully saturated rings. The summed E-state index contributed by atoms with van der Waals surface area (Å²) in [5, 5.41) is 6.08. The fraction of sp³-hybridized carbons (Fsp3) is 0.500. The first-order chi connectivity index (χ1) is 10.3. The van der Waals surface area contributed by atoms with E-state index in [0.717, 1.165) is 44.5 Å². The fourth-order valence-electron chi connectivity index (χ4n) is 3.05. The molecule has 5 nitrogen and oxygen atoms in total. The lowest BCUT2D eigenvalue weighted by Crippen LogP contribution is -2.55. The van der Waals surface area contributed by atoms with Crippen molar-refractivity contribution in [3.8, 4) is 0 Å². The molecule has 0 saturated carbocycles. The lowest BCUT2D eigenvalue weighted by Gasteiger charge is -2.33. The van der Waals surface area contributed by atoms with Crippen molar-refractivity contribution in [3.05, 3.63) is 30.3 Å². The number of anilines is 1. The molecule has 0 spiro atoms. The van der Waals surface area contributed by atoms with Crippen LogP contribution < -0.4 is 15.5 Å². The monoisotopic (exact) mass is 287 g/mol. The summed E-state index contributed by atoms with van der Waals surface area (Å²) in [6.45, 7) is 1.60. The third-order valence-electron chi connectivity index (χ3n) is 4.20. The van der Waals surface area contributed by atoms with Crippen LogP contribution in [0.4, 0.5) is 5.69 Å². The third-order valence-corrected chi connectivity index (χ3v) is 4.20. The Kier molecular flexibility index (Phi) is 4.20. The number of benzene rings is 1. The average molecular weight is 287 g/mol. The molecule has 2 saturated heterocycles. The van der Waals surface area contributed by atoms with Crippen LogP contribution in [-0.2, 0) is 9.59 Å². The lowest BCUT2D eigenvalue weighted by molar-refractivity contribution is -0.129. The minimum absolute atomic E-state index is 0.00111. The van der Waals surface area contributed by atoms with Crippen molar-refractivity contribution in [2.75, 3.05) is 18.0 Å².